The predicted octanol–water partition coefficient (Wildman–Crippen LogP) is 6.10. The van der Waals surface area contributed by atoms with Crippen LogP contribution in [-0.4, -0.2) is 9.55 Å². The summed E-state index contributed by atoms with van der Waals surface area (Å²) < 4.78 is 16.1. The summed E-state index contributed by atoms with van der Waals surface area (Å²) in [5.74, 6) is 0.366. The Bertz CT molecular complexity index is 660. The molecule has 0 bridgehead atoms. The number of imidazole rings is 1. The van der Waals surface area contributed by atoms with Crippen molar-refractivity contribution in [1.82, 2.24) is 9.55 Å². The first-order chi connectivity index (χ1) is 9.99. The summed E-state index contributed by atoms with van der Waals surface area (Å²) in [5.41, 5.74) is 1.59. The molecule has 0 aliphatic carbocycles. The Morgan fingerprint density at radius 1 is 1.24 bits per heavy atom. The van der Waals surface area contributed by atoms with Gasteiger partial charge in [-0.1, -0.05) is 51.1 Å². The monoisotopic (exact) mass is 328 g/mol. The van der Waals surface area contributed by atoms with Crippen LogP contribution in [0.25, 0.3) is 11.0 Å². The largest absolute Gasteiger partial charge is 0.330 e. The van der Waals surface area contributed by atoms with Gasteiger partial charge in [-0.15, -0.1) is 0 Å². The molecule has 0 aliphatic rings. The molecule has 116 valence electrons. The SMILES string of the molecule is CC(C)CCCCCCn1c(=S)[nH]c2cc(F)c(Cl)cc21. The molecule has 0 saturated carbocycles. The van der Waals surface area contributed by atoms with Gasteiger partial charge in [0.15, 0.2) is 4.77 Å². The maximum atomic E-state index is 13.5. The maximum Gasteiger partial charge on any atom is 0.178 e. The summed E-state index contributed by atoms with van der Waals surface area (Å²) in [6.07, 6.45) is 6.10. The molecule has 0 atom stereocenters. The quantitative estimate of drug-likeness (QED) is 0.481. The van der Waals surface area contributed by atoms with Crippen molar-refractivity contribution in [3.63, 3.8) is 0 Å². The van der Waals surface area contributed by atoms with Crippen LogP contribution < -0.4 is 0 Å². The average Bonchev–Trinajstić information content (AvgIpc) is 2.70. The smallest absolute Gasteiger partial charge is 0.178 e. The van der Waals surface area contributed by atoms with Crippen LogP contribution in [0.1, 0.15) is 46.0 Å². The van der Waals surface area contributed by atoms with E-state index in [4.69, 9.17) is 23.8 Å². The number of nitrogens with zero attached hydrogens (tertiary/aromatic N) is 1. The van der Waals surface area contributed by atoms with Gasteiger partial charge in [-0.25, -0.2) is 4.39 Å². The average molecular weight is 329 g/mol. The number of aromatic amines is 1. The number of hydrogen-bond donors (Lipinski definition) is 1. The lowest BCUT2D eigenvalue weighted by molar-refractivity contribution is 0.507. The normalized spacial score (nSPS) is 11.7. The van der Waals surface area contributed by atoms with E-state index in [-0.39, 0.29) is 5.02 Å². The predicted molar refractivity (Wildman–Crippen MR) is 90.0 cm³/mol. The molecule has 2 aromatic rings. The molecule has 2 nitrogen and oxygen atoms in total. The third-order valence-corrected chi connectivity index (χ3v) is 4.34. The summed E-state index contributed by atoms with van der Waals surface area (Å²) in [6.45, 7) is 5.37. The molecule has 21 heavy (non-hydrogen) atoms. The first kappa shape index (κ1) is 16.5. The van der Waals surface area contributed by atoms with Gasteiger partial charge in [0.25, 0.3) is 0 Å². The zero-order valence-electron chi connectivity index (χ0n) is 12.6. The molecule has 0 saturated heterocycles. The molecule has 0 aliphatic heterocycles. The minimum atomic E-state index is -0.416. The number of H-pyrrole nitrogens is 1. The van der Waals surface area contributed by atoms with Gasteiger partial charge in [-0.2, -0.15) is 0 Å². The topological polar surface area (TPSA) is 20.7 Å². The molecule has 1 aromatic heterocycles. The van der Waals surface area contributed by atoms with Gasteiger partial charge in [0.1, 0.15) is 5.82 Å². The van der Waals surface area contributed by atoms with E-state index in [2.05, 4.69) is 18.8 Å². The molecule has 1 N–H and O–H groups in total. The Labute approximate surface area is 135 Å². The van der Waals surface area contributed by atoms with Gasteiger partial charge in [0.2, 0.25) is 0 Å². The lowest BCUT2D eigenvalue weighted by Crippen LogP contribution is -1.98. The van der Waals surface area contributed by atoms with Crippen LogP contribution in [0.5, 0.6) is 0 Å². The van der Waals surface area contributed by atoms with Crippen molar-refractivity contribution in [2.45, 2.75) is 52.5 Å². The van der Waals surface area contributed by atoms with E-state index in [1.165, 1.54) is 31.7 Å². The van der Waals surface area contributed by atoms with Crippen LogP contribution in [-0.2, 0) is 6.54 Å². The van der Waals surface area contributed by atoms with Crippen LogP contribution in [0.15, 0.2) is 12.1 Å². The Morgan fingerprint density at radius 2 is 1.95 bits per heavy atom. The molecular weight excluding hydrogens is 307 g/mol. The van der Waals surface area contributed by atoms with E-state index in [0.717, 1.165) is 24.4 Å². The number of benzene rings is 1. The number of fused-ring (bicyclic) bond motifs is 1. The standard InChI is InChI=1S/C16H22ClFN2S/c1-11(2)7-5-3-4-6-8-20-15-9-12(17)13(18)10-14(15)19-16(20)21/h9-11H,3-8H2,1-2H3,(H,19,21). The van der Waals surface area contributed by atoms with Gasteiger partial charge >= 0.3 is 0 Å². The van der Waals surface area contributed by atoms with Crippen LogP contribution in [0.4, 0.5) is 4.39 Å². The molecule has 1 aromatic carbocycles. The van der Waals surface area contributed by atoms with E-state index >= 15 is 0 Å². The van der Waals surface area contributed by atoms with E-state index in [0.29, 0.717) is 10.3 Å². The molecular formula is C16H22ClFN2S. The molecule has 0 amide bonds. The molecule has 5 heteroatoms. The summed E-state index contributed by atoms with van der Waals surface area (Å²) in [5, 5.41) is 0.141. The second-order valence-electron chi connectivity index (χ2n) is 5.96. The molecule has 1 heterocycles. The lowest BCUT2D eigenvalue weighted by atomic mass is 10.0. The van der Waals surface area contributed by atoms with Crippen molar-refractivity contribution >= 4 is 34.9 Å². The highest BCUT2D eigenvalue weighted by Crippen LogP contribution is 2.23. The number of nitrogens with one attached hydrogen (secondary N) is 1. The van der Waals surface area contributed by atoms with E-state index in [1.807, 2.05) is 4.57 Å². The number of halogens is 2. The minimum Gasteiger partial charge on any atom is -0.330 e. The lowest BCUT2D eigenvalue weighted by Gasteiger charge is -2.06. The number of aryl methyl sites for hydroxylation is 1. The zero-order chi connectivity index (χ0) is 15.4. The van der Waals surface area contributed by atoms with Crippen LogP contribution in [0.3, 0.4) is 0 Å². The van der Waals surface area contributed by atoms with Crippen molar-refractivity contribution in [3.8, 4) is 0 Å². The second kappa shape index (κ2) is 7.41. The Balaban J connectivity index is 1.97. The summed E-state index contributed by atoms with van der Waals surface area (Å²) in [4.78, 5) is 3.04. The Morgan fingerprint density at radius 3 is 2.67 bits per heavy atom. The first-order valence-electron chi connectivity index (χ1n) is 7.56. The fourth-order valence-electron chi connectivity index (χ4n) is 2.55. The third kappa shape index (κ3) is 4.30. The van der Waals surface area contributed by atoms with Gasteiger partial charge in [-0.3, -0.25) is 0 Å². The van der Waals surface area contributed by atoms with Gasteiger partial charge in [-0.05, 0) is 30.6 Å². The van der Waals surface area contributed by atoms with Crippen molar-refractivity contribution in [1.29, 1.82) is 0 Å². The van der Waals surface area contributed by atoms with Crippen LogP contribution >= 0.6 is 23.8 Å². The number of unbranched alkanes of at least 4 members (excludes halogenated alkanes) is 3. The van der Waals surface area contributed by atoms with Gasteiger partial charge in [0.05, 0.1) is 16.1 Å². The second-order valence-corrected chi connectivity index (χ2v) is 6.76. The highest BCUT2D eigenvalue weighted by Gasteiger charge is 2.08. The molecule has 0 radical (unpaired) electrons. The first-order valence-corrected chi connectivity index (χ1v) is 8.35. The highest BCUT2D eigenvalue weighted by atomic mass is 35.5. The summed E-state index contributed by atoms with van der Waals surface area (Å²) in [7, 11) is 0. The van der Waals surface area contributed by atoms with Gasteiger partial charge < -0.3 is 9.55 Å². The van der Waals surface area contributed by atoms with E-state index in [9.17, 15) is 4.39 Å². The van der Waals surface area contributed by atoms with Gasteiger partial charge in [0, 0.05) is 12.6 Å². The highest BCUT2D eigenvalue weighted by molar-refractivity contribution is 7.71. The maximum absolute atomic E-state index is 13.5. The number of hydrogen-bond acceptors (Lipinski definition) is 1. The minimum absolute atomic E-state index is 0.141. The summed E-state index contributed by atoms with van der Waals surface area (Å²) in [6, 6.07) is 3.06. The fourth-order valence-corrected chi connectivity index (χ4v) is 3.01. The van der Waals surface area contributed by atoms with Crippen molar-refractivity contribution in [3.05, 3.63) is 27.7 Å². The van der Waals surface area contributed by atoms with Crippen LogP contribution in [0, 0.1) is 16.5 Å². The molecule has 0 unspecified atom stereocenters. The van der Waals surface area contributed by atoms with Crippen molar-refractivity contribution < 1.29 is 4.39 Å². The van der Waals surface area contributed by atoms with Crippen LogP contribution in [0.2, 0.25) is 5.02 Å². The van der Waals surface area contributed by atoms with Crippen molar-refractivity contribution in [2.24, 2.45) is 5.92 Å². The van der Waals surface area contributed by atoms with E-state index in [1.54, 1.807) is 6.07 Å². The summed E-state index contributed by atoms with van der Waals surface area (Å²) >= 11 is 11.2. The molecule has 2 rings (SSSR count). The third-order valence-electron chi connectivity index (χ3n) is 3.73. The number of rotatable bonds is 7. The fraction of sp³-hybridized carbons (Fsp3) is 0.562. The van der Waals surface area contributed by atoms with Crippen molar-refractivity contribution in [2.75, 3.05) is 0 Å². The number of aromatic nitrogens is 2. The van der Waals surface area contributed by atoms with E-state index < -0.39 is 5.82 Å². The zero-order valence-corrected chi connectivity index (χ0v) is 14.2. The molecule has 0 fully saturated rings. The Kier molecular flexibility index (Phi) is 5.82. The Hall–Kier alpha value is -0.870. The molecule has 0 spiro atoms.